The molecule has 11 heteroatoms. The molecule has 0 fully saturated rings. The highest BCUT2D eigenvalue weighted by atomic mass is 32.2. The maximum absolute atomic E-state index is 12.3. The van der Waals surface area contributed by atoms with Crippen molar-refractivity contribution in [3.8, 4) is 0 Å². The zero-order valence-electron chi connectivity index (χ0n) is 14.2. The summed E-state index contributed by atoms with van der Waals surface area (Å²) in [4.78, 5) is 46.1. The minimum atomic E-state index is -1.57. The highest BCUT2D eigenvalue weighted by Gasteiger charge is 2.28. The third-order valence-corrected chi connectivity index (χ3v) is 4.49. The molecule has 0 aliphatic heterocycles. The molecule has 0 aromatic rings. The minimum Gasteiger partial charge on any atom is -0.481 e. The largest absolute Gasteiger partial charge is 0.481 e. The molecule has 0 bridgehead atoms. The molecular formula is C14H25N3O6S2. The Morgan fingerprint density at radius 3 is 1.92 bits per heavy atom. The number of carbonyl (C=O) groups excluding carboxylic acids is 2. The second-order valence-electron chi connectivity index (χ2n) is 5.23. The molecule has 0 rings (SSSR count). The fourth-order valence-corrected chi connectivity index (χ4v) is 2.77. The van der Waals surface area contributed by atoms with Crippen LogP contribution in [0.15, 0.2) is 0 Å². The molecule has 144 valence electrons. The number of aliphatic carboxylic acids is 2. The molecule has 0 saturated heterocycles. The standard InChI is InChI=1S/C14H25N3O6S2/c1-24-5-3-8(15)12(20)16-9(4-6-25-2)13(21)17-10(14(22)23)7-11(18)19/h8-10H,3-7,15H2,1-2H3,(H,16,20)(H,17,21)(H,18,19)(H,22,23)/t8-,9-,10-/m0/s1. The first kappa shape index (κ1) is 23.5. The van der Waals surface area contributed by atoms with E-state index >= 15 is 0 Å². The van der Waals surface area contributed by atoms with Crippen LogP contribution in [0.2, 0.25) is 0 Å². The molecule has 3 atom stereocenters. The van der Waals surface area contributed by atoms with Gasteiger partial charge in [-0.05, 0) is 36.9 Å². The van der Waals surface area contributed by atoms with Gasteiger partial charge in [0.2, 0.25) is 11.8 Å². The van der Waals surface area contributed by atoms with E-state index in [0.29, 0.717) is 17.9 Å². The van der Waals surface area contributed by atoms with E-state index in [9.17, 15) is 19.2 Å². The monoisotopic (exact) mass is 395 g/mol. The molecule has 0 aliphatic carbocycles. The predicted molar refractivity (Wildman–Crippen MR) is 97.7 cm³/mol. The Labute approximate surface area is 154 Å². The Bertz CT molecular complexity index is 477. The predicted octanol–water partition coefficient (Wildman–Crippen LogP) is -0.651. The van der Waals surface area contributed by atoms with Crippen LogP contribution in [-0.4, -0.2) is 76.1 Å². The molecular weight excluding hydrogens is 370 g/mol. The van der Waals surface area contributed by atoms with Crippen molar-refractivity contribution in [2.45, 2.75) is 37.4 Å². The summed E-state index contributed by atoms with van der Waals surface area (Å²) >= 11 is 3.00. The van der Waals surface area contributed by atoms with Crippen molar-refractivity contribution >= 4 is 47.3 Å². The van der Waals surface area contributed by atoms with Crippen LogP contribution < -0.4 is 16.4 Å². The van der Waals surface area contributed by atoms with Gasteiger partial charge in [-0.25, -0.2) is 4.79 Å². The van der Waals surface area contributed by atoms with Gasteiger partial charge in [0.25, 0.3) is 0 Å². The van der Waals surface area contributed by atoms with Crippen LogP contribution in [0.4, 0.5) is 0 Å². The van der Waals surface area contributed by atoms with Crippen LogP contribution in [-0.2, 0) is 19.2 Å². The van der Waals surface area contributed by atoms with Crippen LogP contribution in [0, 0.1) is 0 Å². The van der Waals surface area contributed by atoms with E-state index in [0.717, 1.165) is 0 Å². The Balaban J connectivity index is 4.92. The first-order valence-corrected chi connectivity index (χ1v) is 10.3. The van der Waals surface area contributed by atoms with Crippen molar-refractivity contribution in [1.29, 1.82) is 0 Å². The first-order valence-electron chi connectivity index (χ1n) is 7.51. The van der Waals surface area contributed by atoms with Gasteiger partial charge in [-0.3, -0.25) is 14.4 Å². The number of hydrogen-bond donors (Lipinski definition) is 5. The number of amides is 2. The molecule has 25 heavy (non-hydrogen) atoms. The topological polar surface area (TPSA) is 159 Å². The molecule has 9 nitrogen and oxygen atoms in total. The maximum Gasteiger partial charge on any atom is 0.326 e. The van der Waals surface area contributed by atoms with Gasteiger partial charge in [-0.15, -0.1) is 0 Å². The Morgan fingerprint density at radius 1 is 0.920 bits per heavy atom. The number of nitrogens with one attached hydrogen (secondary N) is 2. The van der Waals surface area contributed by atoms with Crippen LogP contribution in [0.25, 0.3) is 0 Å². The van der Waals surface area contributed by atoms with Crippen molar-refractivity contribution in [3.63, 3.8) is 0 Å². The second-order valence-corrected chi connectivity index (χ2v) is 7.20. The van der Waals surface area contributed by atoms with E-state index in [1.165, 1.54) is 11.8 Å². The summed E-state index contributed by atoms with van der Waals surface area (Å²) in [5.41, 5.74) is 5.76. The van der Waals surface area contributed by atoms with Gasteiger partial charge in [0.1, 0.15) is 12.1 Å². The summed E-state index contributed by atoms with van der Waals surface area (Å²) in [6.07, 6.45) is 3.67. The minimum absolute atomic E-state index is 0.271. The average molecular weight is 396 g/mol. The van der Waals surface area contributed by atoms with E-state index in [1.807, 2.05) is 12.5 Å². The van der Waals surface area contributed by atoms with Gasteiger partial charge in [0.05, 0.1) is 12.5 Å². The van der Waals surface area contributed by atoms with E-state index in [4.69, 9.17) is 15.9 Å². The lowest BCUT2D eigenvalue weighted by Gasteiger charge is -2.22. The van der Waals surface area contributed by atoms with Gasteiger partial charge in [0.15, 0.2) is 0 Å². The molecule has 0 aromatic heterocycles. The summed E-state index contributed by atoms with van der Waals surface area (Å²) in [7, 11) is 0. The SMILES string of the molecule is CSCC[C@H](NC(=O)[C@@H](N)CCSC)C(=O)N[C@@H](CC(=O)O)C(=O)O. The molecule has 6 N–H and O–H groups in total. The average Bonchev–Trinajstić information content (AvgIpc) is 2.54. The number of hydrogen-bond acceptors (Lipinski definition) is 7. The number of carboxylic acids is 2. The zero-order valence-corrected chi connectivity index (χ0v) is 15.8. The molecule has 0 aliphatic rings. The second kappa shape index (κ2) is 12.8. The number of rotatable bonds is 13. The number of carbonyl (C=O) groups is 4. The van der Waals surface area contributed by atoms with Crippen LogP contribution in [0.5, 0.6) is 0 Å². The highest BCUT2D eigenvalue weighted by molar-refractivity contribution is 7.98. The Hall–Kier alpha value is -1.46. The summed E-state index contributed by atoms with van der Waals surface area (Å²) < 4.78 is 0. The van der Waals surface area contributed by atoms with E-state index in [2.05, 4.69) is 10.6 Å². The molecule has 0 spiro atoms. The summed E-state index contributed by atoms with van der Waals surface area (Å²) in [5, 5.41) is 22.4. The lowest BCUT2D eigenvalue weighted by atomic mass is 10.1. The van der Waals surface area contributed by atoms with Gasteiger partial charge < -0.3 is 26.6 Å². The highest BCUT2D eigenvalue weighted by Crippen LogP contribution is 2.05. The number of nitrogens with two attached hydrogens (primary N) is 1. The lowest BCUT2D eigenvalue weighted by Crippen LogP contribution is -2.55. The summed E-state index contributed by atoms with van der Waals surface area (Å²) in [5.74, 6) is -2.81. The Kier molecular flexibility index (Phi) is 12.1. The molecule has 0 radical (unpaired) electrons. The van der Waals surface area contributed by atoms with Gasteiger partial charge in [0, 0.05) is 0 Å². The fourth-order valence-electron chi connectivity index (χ4n) is 1.81. The van der Waals surface area contributed by atoms with E-state index in [-0.39, 0.29) is 6.42 Å². The first-order chi connectivity index (χ1) is 11.7. The third kappa shape index (κ3) is 10.2. The third-order valence-electron chi connectivity index (χ3n) is 3.21. The normalized spacial score (nSPS) is 14.2. The van der Waals surface area contributed by atoms with Gasteiger partial charge in [-0.2, -0.15) is 23.5 Å². The fraction of sp³-hybridized carbons (Fsp3) is 0.714. The smallest absolute Gasteiger partial charge is 0.326 e. The van der Waals surface area contributed by atoms with Crippen LogP contribution >= 0.6 is 23.5 Å². The Morgan fingerprint density at radius 2 is 1.44 bits per heavy atom. The lowest BCUT2D eigenvalue weighted by molar-refractivity contribution is -0.147. The van der Waals surface area contributed by atoms with Crippen molar-refractivity contribution in [2.75, 3.05) is 24.0 Å². The van der Waals surface area contributed by atoms with Gasteiger partial charge >= 0.3 is 11.9 Å². The van der Waals surface area contributed by atoms with Crippen molar-refractivity contribution in [1.82, 2.24) is 10.6 Å². The van der Waals surface area contributed by atoms with E-state index < -0.39 is 48.3 Å². The van der Waals surface area contributed by atoms with Crippen molar-refractivity contribution < 1.29 is 29.4 Å². The summed E-state index contributed by atoms with van der Waals surface area (Å²) in [6.45, 7) is 0. The summed E-state index contributed by atoms with van der Waals surface area (Å²) in [6, 6.07) is -3.31. The van der Waals surface area contributed by atoms with Crippen molar-refractivity contribution in [2.24, 2.45) is 5.73 Å². The molecule has 0 unspecified atom stereocenters. The zero-order chi connectivity index (χ0) is 19.4. The van der Waals surface area contributed by atoms with Crippen LogP contribution in [0.1, 0.15) is 19.3 Å². The molecule has 0 aromatic carbocycles. The molecule has 0 saturated carbocycles. The quantitative estimate of drug-likeness (QED) is 0.273. The van der Waals surface area contributed by atoms with Gasteiger partial charge in [-0.1, -0.05) is 0 Å². The number of thioether (sulfide) groups is 2. The maximum atomic E-state index is 12.3. The number of carboxylic acid groups (broad SMARTS) is 2. The van der Waals surface area contributed by atoms with Crippen LogP contribution in [0.3, 0.4) is 0 Å². The molecule has 0 heterocycles. The van der Waals surface area contributed by atoms with Crippen molar-refractivity contribution in [3.05, 3.63) is 0 Å². The molecule has 2 amide bonds. The van der Waals surface area contributed by atoms with E-state index in [1.54, 1.807) is 11.8 Å².